The minimum Gasteiger partial charge on any atom is -0.396 e. The van der Waals surface area contributed by atoms with E-state index in [1.165, 1.54) is 0 Å². The molecule has 90 valence electrons. The van der Waals surface area contributed by atoms with Crippen LogP contribution in [0, 0.1) is 12.8 Å². The van der Waals surface area contributed by atoms with Gasteiger partial charge in [-0.25, -0.2) is 4.98 Å². The molecule has 0 aliphatic rings. The standard InChI is InChI=1S/C11H20N4O/c1-7(6-16)9(3)14-10-5-8(2)13-11(12-4)15-10/h5,7,9,16H,6H2,1-4H3,(H2,12,13,14,15). The smallest absolute Gasteiger partial charge is 0.224 e. The predicted octanol–water partition coefficient (Wildman–Crippen LogP) is 1.26. The van der Waals surface area contributed by atoms with Gasteiger partial charge in [0.15, 0.2) is 0 Å². The summed E-state index contributed by atoms with van der Waals surface area (Å²) in [6.45, 7) is 6.10. The van der Waals surface area contributed by atoms with Crippen LogP contribution in [0.15, 0.2) is 6.07 Å². The van der Waals surface area contributed by atoms with Crippen molar-refractivity contribution in [2.75, 3.05) is 24.3 Å². The maximum Gasteiger partial charge on any atom is 0.224 e. The van der Waals surface area contributed by atoms with Crippen LogP contribution in [0.4, 0.5) is 11.8 Å². The van der Waals surface area contributed by atoms with Crippen LogP contribution in [-0.4, -0.2) is 34.8 Å². The topological polar surface area (TPSA) is 70.1 Å². The Bertz CT molecular complexity index is 343. The van der Waals surface area contributed by atoms with Crippen molar-refractivity contribution in [1.82, 2.24) is 9.97 Å². The fourth-order valence-electron chi connectivity index (χ4n) is 1.29. The van der Waals surface area contributed by atoms with Crippen LogP contribution >= 0.6 is 0 Å². The molecule has 0 amide bonds. The first-order chi connectivity index (χ1) is 7.56. The molecule has 0 bridgehead atoms. The first kappa shape index (κ1) is 12.7. The second kappa shape index (κ2) is 5.65. The maximum absolute atomic E-state index is 9.05. The molecule has 3 N–H and O–H groups in total. The fourth-order valence-corrected chi connectivity index (χ4v) is 1.29. The minimum atomic E-state index is 0.164. The summed E-state index contributed by atoms with van der Waals surface area (Å²) < 4.78 is 0. The van der Waals surface area contributed by atoms with E-state index in [2.05, 4.69) is 20.6 Å². The number of aliphatic hydroxyl groups excluding tert-OH is 1. The number of hydrogen-bond donors (Lipinski definition) is 3. The van der Waals surface area contributed by atoms with Gasteiger partial charge in [-0.15, -0.1) is 0 Å². The van der Waals surface area contributed by atoms with Gasteiger partial charge in [-0.3, -0.25) is 0 Å². The predicted molar refractivity (Wildman–Crippen MR) is 65.7 cm³/mol. The number of aliphatic hydroxyl groups is 1. The SMILES string of the molecule is CNc1nc(C)cc(NC(C)C(C)CO)n1. The van der Waals surface area contributed by atoms with E-state index in [1.54, 1.807) is 7.05 Å². The zero-order chi connectivity index (χ0) is 12.1. The van der Waals surface area contributed by atoms with Gasteiger partial charge in [0, 0.05) is 31.5 Å². The third-order valence-corrected chi connectivity index (χ3v) is 2.59. The Labute approximate surface area is 96.3 Å². The van der Waals surface area contributed by atoms with Crippen LogP contribution in [0.2, 0.25) is 0 Å². The van der Waals surface area contributed by atoms with Gasteiger partial charge in [-0.05, 0) is 19.8 Å². The Morgan fingerprint density at radius 2 is 2.06 bits per heavy atom. The third kappa shape index (κ3) is 3.34. The lowest BCUT2D eigenvalue weighted by Gasteiger charge is -2.20. The van der Waals surface area contributed by atoms with Gasteiger partial charge in [0.05, 0.1) is 0 Å². The van der Waals surface area contributed by atoms with Crippen molar-refractivity contribution in [3.05, 3.63) is 11.8 Å². The van der Waals surface area contributed by atoms with Crippen molar-refractivity contribution in [3.8, 4) is 0 Å². The van der Waals surface area contributed by atoms with Crippen LogP contribution in [0.1, 0.15) is 19.5 Å². The normalized spacial score (nSPS) is 14.3. The zero-order valence-corrected chi connectivity index (χ0v) is 10.3. The number of rotatable bonds is 5. The number of nitrogens with one attached hydrogen (secondary N) is 2. The summed E-state index contributed by atoms with van der Waals surface area (Å²) in [4.78, 5) is 8.51. The third-order valence-electron chi connectivity index (χ3n) is 2.59. The molecule has 0 saturated carbocycles. The highest BCUT2D eigenvalue weighted by molar-refractivity contribution is 5.42. The average Bonchev–Trinajstić information content (AvgIpc) is 2.26. The van der Waals surface area contributed by atoms with Crippen LogP contribution in [0.25, 0.3) is 0 Å². The van der Waals surface area contributed by atoms with E-state index in [0.29, 0.717) is 5.95 Å². The summed E-state index contributed by atoms with van der Waals surface area (Å²) in [5.74, 6) is 1.57. The van der Waals surface area contributed by atoms with Gasteiger partial charge >= 0.3 is 0 Å². The van der Waals surface area contributed by atoms with Crippen LogP contribution in [0.5, 0.6) is 0 Å². The zero-order valence-electron chi connectivity index (χ0n) is 10.3. The van der Waals surface area contributed by atoms with Gasteiger partial charge in [0.2, 0.25) is 5.95 Å². The summed E-state index contributed by atoms with van der Waals surface area (Å²) in [5.41, 5.74) is 0.908. The second-order valence-electron chi connectivity index (χ2n) is 4.06. The fraction of sp³-hybridized carbons (Fsp3) is 0.636. The van der Waals surface area contributed by atoms with Crippen molar-refractivity contribution in [2.24, 2.45) is 5.92 Å². The van der Waals surface area contributed by atoms with Crippen LogP contribution in [-0.2, 0) is 0 Å². The molecule has 1 rings (SSSR count). The Balaban J connectivity index is 2.76. The van der Waals surface area contributed by atoms with Crippen molar-refractivity contribution in [3.63, 3.8) is 0 Å². The molecule has 2 unspecified atom stereocenters. The lowest BCUT2D eigenvalue weighted by atomic mass is 10.1. The quantitative estimate of drug-likeness (QED) is 0.702. The van der Waals surface area contributed by atoms with Crippen LogP contribution in [0.3, 0.4) is 0 Å². The monoisotopic (exact) mass is 224 g/mol. The number of aromatic nitrogens is 2. The molecule has 0 aliphatic carbocycles. The highest BCUT2D eigenvalue weighted by Gasteiger charge is 2.11. The van der Waals surface area contributed by atoms with E-state index < -0.39 is 0 Å². The number of anilines is 2. The van der Waals surface area contributed by atoms with Crippen molar-refractivity contribution in [2.45, 2.75) is 26.8 Å². The molecular formula is C11H20N4O. The molecule has 2 atom stereocenters. The number of hydrogen-bond acceptors (Lipinski definition) is 5. The van der Waals surface area contributed by atoms with E-state index in [9.17, 15) is 0 Å². The van der Waals surface area contributed by atoms with E-state index in [0.717, 1.165) is 11.5 Å². The molecule has 1 aromatic heterocycles. The Morgan fingerprint density at radius 3 is 2.62 bits per heavy atom. The van der Waals surface area contributed by atoms with Gasteiger partial charge in [0.25, 0.3) is 0 Å². The van der Waals surface area contributed by atoms with Crippen LogP contribution < -0.4 is 10.6 Å². The number of aryl methyl sites for hydroxylation is 1. The second-order valence-corrected chi connectivity index (χ2v) is 4.06. The minimum absolute atomic E-state index is 0.164. The molecule has 5 nitrogen and oxygen atoms in total. The molecule has 1 aromatic rings. The molecule has 5 heteroatoms. The summed E-state index contributed by atoms with van der Waals surface area (Å²) >= 11 is 0. The lowest BCUT2D eigenvalue weighted by Crippen LogP contribution is -2.26. The van der Waals surface area contributed by atoms with Crippen molar-refractivity contribution >= 4 is 11.8 Å². The van der Waals surface area contributed by atoms with Gasteiger partial charge in [0.1, 0.15) is 5.82 Å². The average molecular weight is 224 g/mol. The summed E-state index contributed by atoms with van der Waals surface area (Å²) in [7, 11) is 1.79. The molecule has 0 fully saturated rings. The highest BCUT2D eigenvalue weighted by Crippen LogP contribution is 2.13. The molecule has 0 aliphatic heterocycles. The molecule has 0 radical (unpaired) electrons. The first-order valence-corrected chi connectivity index (χ1v) is 5.47. The van der Waals surface area contributed by atoms with Gasteiger partial charge in [-0.2, -0.15) is 4.98 Å². The summed E-state index contributed by atoms with van der Waals surface area (Å²) in [6, 6.07) is 2.06. The maximum atomic E-state index is 9.05. The summed E-state index contributed by atoms with van der Waals surface area (Å²) in [5, 5.41) is 15.2. The molecule has 0 spiro atoms. The summed E-state index contributed by atoms with van der Waals surface area (Å²) in [6.07, 6.45) is 0. The van der Waals surface area contributed by atoms with Gasteiger partial charge in [-0.1, -0.05) is 6.92 Å². The molecule has 1 heterocycles. The van der Waals surface area contributed by atoms with Gasteiger partial charge < -0.3 is 15.7 Å². The van der Waals surface area contributed by atoms with E-state index in [4.69, 9.17) is 5.11 Å². The Hall–Kier alpha value is -1.36. The lowest BCUT2D eigenvalue weighted by molar-refractivity contribution is 0.226. The number of nitrogens with zero attached hydrogens (tertiary/aromatic N) is 2. The van der Waals surface area contributed by atoms with Crippen molar-refractivity contribution in [1.29, 1.82) is 0 Å². The largest absolute Gasteiger partial charge is 0.396 e. The van der Waals surface area contributed by atoms with E-state index in [1.807, 2.05) is 26.8 Å². The molecule has 16 heavy (non-hydrogen) atoms. The highest BCUT2D eigenvalue weighted by atomic mass is 16.3. The van der Waals surface area contributed by atoms with Crippen molar-refractivity contribution < 1.29 is 5.11 Å². The Kier molecular flexibility index (Phi) is 4.49. The van der Waals surface area contributed by atoms with E-state index in [-0.39, 0.29) is 18.6 Å². The molecule has 0 saturated heterocycles. The Morgan fingerprint density at radius 1 is 1.38 bits per heavy atom. The van der Waals surface area contributed by atoms with E-state index >= 15 is 0 Å². The molecular weight excluding hydrogens is 204 g/mol. The molecule has 0 aromatic carbocycles. The first-order valence-electron chi connectivity index (χ1n) is 5.47.